The first kappa shape index (κ1) is 12.7. The summed E-state index contributed by atoms with van der Waals surface area (Å²) in [4.78, 5) is 4.54. The lowest BCUT2D eigenvalue weighted by Crippen LogP contribution is -1.94. The molecular weight excluding hydrogens is 246 g/mol. The topological polar surface area (TPSA) is 21.6 Å². The Morgan fingerprint density at radius 2 is 1.72 bits per heavy atom. The first-order valence-electron chi connectivity index (χ1n) is 5.65. The van der Waals surface area contributed by atoms with Crippen LogP contribution in [0.1, 0.15) is 12.5 Å². The van der Waals surface area contributed by atoms with Crippen LogP contribution in [0.3, 0.4) is 0 Å². The lowest BCUT2D eigenvalue weighted by molar-refractivity contribution is 0.415. The molecule has 0 radical (unpaired) electrons. The fourth-order valence-electron chi connectivity index (χ4n) is 1.67. The van der Waals surface area contributed by atoms with Crippen molar-refractivity contribution in [3.63, 3.8) is 0 Å². The lowest BCUT2D eigenvalue weighted by atomic mass is 10.1. The highest BCUT2D eigenvalue weighted by molar-refractivity contribution is 6.34. The zero-order valence-corrected chi connectivity index (χ0v) is 11.1. The van der Waals surface area contributed by atoms with Gasteiger partial charge in [0, 0.05) is 16.3 Å². The third-order valence-electron chi connectivity index (χ3n) is 2.63. The van der Waals surface area contributed by atoms with Crippen molar-refractivity contribution in [1.82, 2.24) is 0 Å². The molecule has 2 aromatic rings. The van der Waals surface area contributed by atoms with Gasteiger partial charge in [0.15, 0.2) is 0 Å². The van der Waals surface area contributed by atoms with E-state index in [0.717, 1.165) is 22.7 Å². The standard InChI is InChI=1S/C15H14ClNO/c1-11(14-5-3-4-6-15(14)16)17-12-7-9-13(18-2)10-8-12/h3-10H,1-2H3. The van der Waals surface area contributed by atoms with E-state index in [4.69, 9.17) is 16.3 Å². The fraction of sp³-hybridized carbons (Fsp3) is 0.133. The minimum absolute atomic E-state index is 0.715. The van der Waals surface area contributed by atoms with Crippen molar-refractivity contribution in [3.05, 3.63) is 59.1 Å². The van der Waals surface area contributed by atoms with Gasteiger partial charge in [-0.2, -0.15) is 0 Å². The van der Waals surface area contributed by atoms with E-state index in [9.17, 15) is 0 Å². The molecule has 0 saturated heterocycles. The maximum absolute atomic E-state index is 6.13. The van der Waals surface area contributed by atoms with Crippen LogP contribution < -0.4 is 4.74 Å². The molecule has 0 aliphatic heterocycles. The Hall–Kier alpha value is -1.80. The van der Waals surface area contributed by atoms with Gasteiger partial charge in [-0.15, -0.1) is 0 Å². The van der Waals surface area contributed by atoms with Gasteiger partial charge in [-0.3, -0.25) is 4.99 Å². The van der Waals surface area contributed by atoms with Gasteiger partial charge in [0.05, 0.1) is 12.8 Å². The first-order chi connectivity index (χ1) is 8.70. The van der Waals surface area contributed by atoms with Crippen LogP contribution in [0, 0.1) is 0 Å². The summed E-state index contributed by atoms with van der Waals surface area (Å²) in [6, 6.07) is 15.3. The number of halogens is 1. The van der Waals surface area contributed by atoms with Gasteiger partial charge in [-0.25, -0.2) is 0 Å². The number of ether oxygens (including phenoxy) is 1. The quantitative estimate of drug-likeness (QED) is 0.745. The van der Waals surface area contributed by atoms with Gasteiger partial charge < -0.3 is 4.74 Å². The highest BCUT2D eigenvalue weighted by atomic mass is 35.5. The smallest absolute Gasteiger partial charge is 0.119 e. The molecule has 0 aliphatic rings. The third kappa shape index (κ3) is 2.90. The highest BCUT2D eigenvalue weighted by Gasteiger charge is 2.02. The van der Waals surface area contributed by atoms with Crippen molar-refractivity contribution in [3.8, 4) is 5.75 Å². The number of hydrogen-bond donors (Lipinski definition) is 0. The van der Waals surface area contributed by atoms with Gasteiger partial charge in [-0.1, -0.05) is 29.8 Å². The Kier molecular flexibility index (Phi) is 4.00. The maximum Gasteiger partial charge on any atom is 0.119 e. The van der Waals surface area contributed by atoms with Crippen molar-refractivity contribution >= 4 is 23.0 Å². The van der Waals surface area contributed by atoms with Crippen LogP contribution in [0.2, 0.25) is 5.02 Å². The number of benzene rings is 2. The minimum Gasteiger partial charge on any atom is -0.497 e. The molecular formula is C15H14ClNO. The lowest BCUT2D eigenvalue weighted by Gasteiger charge is -2.04. The van der Waals surface area contributed by atoms with E-state index in [1.807, 2.05) is 55.5 Å². The summed E-state index contributed by atoms with van der Waals surface area (Å²) in [5.41, 5.74) is 2.73. The molecule has 92 valence electrons. The molecule has 2 rings (SSSR count). The molecule has 2 aromatic carbocycles. The fourth-order valence-corrected chi connectivity index (χ4v) is 1.94. The predicted molar refractivity (Wildman–Crippen MR) is 76.3 cm³/mol. The normalized spacial score (nSPS) is 11.4. The molecule has 0 saturated carbocycles. The average molecular weight is 260 g/mol. The zero-order chi connectivity index (χ0) is 13.0. The molecule has 2 nitrogen and oxygen atoms in total. The van der Waals surface area contributed by atoms with E-state index >= 15 is 0 Å². The SMILES string of the molecule is COc1ccc(N=C(C)c2ccccc2Cl)cc1. The Morgan fingerprint density at radius 1 is 1.06 bits per heavy atom. The van der Waals surface area contributed by atoms with E-state index in [0.29, 0.717) is 5.02 Å². The predicted octanol–water partition coefficient (Wildman–Crippen LogP) is 4.49. The Morgan fingerprint density at radius 3 is 2.33 bits per heavy atom. The van der Waals surface area contributed by atoms with Gasteiger partial charge in [0.2, 0.25) is 0 Å². The third-order valence-corrected chi connectivity index (χ3v) is 2.96. The van der Waals surface area contributed by atoms with Crippen LogP contribution in [0.15, 0.2) is 53.5 Å². The van der Waals surface area contributed by atoms with Crippen molar-refractivity contribution in [2.24, 2.45) is 4.99 Å². The second-order valence-electron chi connectivity index (χ2n) is 3.88. The molecule has 0 amide bonds. The summed E-state index contributed by atoms with van der Waals surface area (Å²) >= 11 is 6.13. The first-order valence-corrected chi connectivity index (χ1v) is 6.03. The number of hydrogen-bond acceptors (Lipinski definition) is 2. The molecule has 0 unspecified atom stereocenters. The second kappa shape index (κ2) is 5.69. The van der Waals surface area contributed by atoms with Crippen LogP contribution in [0.4, 0.5) is 5.69 Å². The van der Waals surface area contributed by atoms with Gasteiger partial charge in [-0.05, 0) is 37.3 Å². The van der Waals surface area contributed by atoms with Crippen LogP contribution in [0.25, 0.3) is 0 Å². The zero-order valence-electron chi connectivity index (χ0n) is 10.4. The molecule has 0 N–H and O–H groups in total. The molecule has 0 atom stereocenters. The molecule has 0 heterocycles. The number of rotatable bonds is 3. The minimum atomic E-state index is 0.715. The summed E-state index contributed by atoms with van der Waals surface area (Å²) in [5.74, 6) is 0.823. The summed E-state index contributed by atoms with van der Waals surface area (Å²) in [6.07, 6.45) is 0. The Labute approximate surface area is 112 Å². The van der Waals surface area contributed by atoms with Crippen LogP contribution >= 0.6 is 11.6 Å². The molecule has 0 fully saturated rings. The van der Waals surface area contributed by atoms with Gasteiger partial charge in [0.1, 0.15) is 5.75 Å². The van der Waals surface area contributed by atoms with Gasteiger partial charge in [0.25, 0.3) is 0 Å². The number of methoxy groups -OCH3 is 1. The summed E-state index contributed by atoms with van der Waals surface area (Å²) < 4.78 is 5.11. The van der Waals surface area contributed by atoms with E-state index < -0.39 is 0 Å². The van der Waals surface area contributed by atoms with Crippen LogP contribution in [-0.4, -0.2) is 12.8 Å². The summed E-state index contributed by atoms with van der Waals surface area (Å²) in [5, 5.41) is 0.715. The number of aliphatic imine (C=N–C) groups is 1. The molecule has 3 heteroatoms. The molecule has 0 spiro atoms. The van der Waals surface area contributed by atoms with Crippen LogP contribution in [-0.2, 0) is 0 Å². The van der Waals surface area contributed by atoms with Crippen LogP contribution in [0.5, 0.6) is 5.75 Å². The van der Waals surface area contributed by atoms with E-state index in [-0.39, 0.29) is 0 Å². The highest BCUT2D eigenvalue weighted by Crippen LogP contribution is 2.21. The maximum atomic E-state index is 6.13. The molecule has 0 aliphatic carbocycles. The average Bonchev–Trinajstić information content (AvgIpc) is 2.40. The van der Waals surface area contributed by atoms with Crippen molar-refractivity contribution in [1.29, 1.82) is 0 Å². The monoisotopic (exact) mass is 259 g/mol. The van der Waals surface area contributed by atoms with E-state index in [2.05, 4.69) is 4.99 Å². The Bertz CT molecular complexity index is 561. The van der Waals surface area contributed by atoms with Crippen molar-refractivity contribution < 1.29 is 4.74 Å². The summed E-state index contributed by atoms with van der Waals surface area (Å²) in [7, 11) is 1.65. The van der Waals surface area contributed by atoms with Crippen molar-refractivity contribution in [2.45, 2.75) is 6.92 Å². The largest absolute Gasteiger partial charge is 0.497 e. The summed E-state index contributed by atoms with van der Waals surface area (Å²) in [6.45, 7) is 1.95. The molecule has 0 aromatic heterocycles. The van der Waals surface area contributed by atoms with E-state index in [1.165, 1.54) is 0 Å². The van der Waals surface area contributed by atoms with Gasteiger partial charge >= 0.3 is 0 Å². The Balaban J connectivity index is 2.29. The molecule has 0 bridgehead atoms. The second-order valence-corrected chi connectivity index (χ2v) is 4.28. The molecule has 18 heavy (non-hydrogen) atoms. The van der Waals surface area contributed by atoms with Crippen molar-refractivity contribution in [2.75, 3.05) is 7.11 Å². The number of nitrogens with zero attached hydrogens (tertiary/aromatic N) is 1. The van der Waals surface area contributed by atoms with E-state index in [1.54, 1.807) is 7.11 Å².